The molecule has 1 heterocycles. The van der Waals surface area contributed by atoms with Crippen LogP contribution in [0.15, 0.2) is 24.3 Å². The van der Waals surface area contributed by atoms with Crippen LogP contribution in [0.3, 0.4) is 0 Å². The van der Waals surface area contributed by atoms with Crippen LogP contribution in [0.5, 0.6) is 0 Å². The summed E-state index contributed by atoms with van der Waals surface area (Å²) in [5.41, 5.74) is 1.24. The molecule has 0 aliphatic heterocycles. The van der Waals surface area contributed by atoms with Gasteiger partial charge in [-0.05, 0) is 37.3 Å². The van der Waals surface area contributed by atoms with Crippen LogP contribution < -0.4 is 10.6 Å². The highest BCUT2D eigenvalue weighted by atomic mass is 32.1. The second-order valence-corrected chi connectivity index (χ2v) is 6.38. The van der Waals surface area contributed by atoms with Crippen molar-refractivity contribution >= 4 is 28.2 Å². The molecule has 2 amide bonds. The van der Waals surface area contributed by atoms with Gasteiger partial charge in [0.1, 0.15) is 5.82 Å². The van der Waals surface area contributed by atoms with Gasteiger partial charge in [-0.25, -0.2) is 14.2 Å². The number of halogens is 1. The molecule has 0 radical (unpaired) electrons. The van der Waals surface area contributed by atoms with E-state index in [1.807, 2.05) is 0 Å². The van der Waals surface area contributed by atoms with E-state index in [4.69, 9.17) is 0 Å². The lowest BCUT2D eigenvalue weighted by Gasteiger charge is -2.15. The molecule has 1 aromatic carbocycles. The molecule has 1 unspecified atom stereocenters. The van der Waals surface area contributed by atoms with Gasteiger partial charge in [-0.15, -0.1) is 11.3 Å². The third-order valence-electron chi connectivity index (χ3n) is 3.53. The molecular weight excluding hydrogens is 289 g/mol. The van der Waals surface area contributed by atoms with Gasteiger partial charge in [-0.3, -0.25) is 5.32 Å². The van der Waals surface area contributed by atoms with Gasteiger partial charge in [-0.2, -0.15) is 0 Å². The number of hydrogen-bond acceptors (Lipinski definition) is 3. The Kier molecular flexibility index (Phi) is 3.88. The number of aryl methyl sites for hydroxylation is 1. The van der Waals surface area contributed by atoms with Crippen LogP contribution in [0.4, 0.5) is 20.0 Å². The maximum atomic E-state index is 13.5. The van der Waals surface area contributed by atoms with Crippen LogP contribution in [-0.4, -0.2) is 11.0 Å². The lowest BCUT2D eigenvalue weighted by molar-refractivity contribution is 0.262. The fraction of sp³-hybridized carbons (Fsp3) is 0.333. The predicted molar refractivity (Wildman–Crippen MR) is 82.3 cm³/mol. The molecule has 1 aliphatic rings. The number of thiazole rings is 1. The number of carbonyl (C=O) groups excluding carboxylic acids is 1. The van der Waals surface area contributed by atoms with E-state index in [9.17, 15) is 9.18 Å². The molecule has 6 heteroatoms. The van der Waals surface area contributed by atoms with Gasteiger partial charge < -0.3 is 5.32 Å². The van der Waals surface area contributed by atoms with E-state index in [-0.39, 0.29) is 5.69 Å². The summed E-state index contributed by atoms with van der Waals surface area (Å²) in [6, 6.07) is 5.60. The number of anilines is 2. The zero-order valence-electron chi connectivity index (χ0n) is 11.6. The molecule has 4 nitrogen and oxygen atoms in total. The van der Waals surface area contributed by atoms with Crippen molar-refractivity contribution in [1.82, 2.24) is 4.98 Å². The normalized spacial score (nSPS) is 17.1. The number of aromatic nitrogens is 1. The Morgan fingerprint density at radius 2 is 2.19 bits per heavy atom. The van der Waals surface area contributed by atoms with Crippen molar-refractivity contribution in [3.63, 3.8) is 0 Å². The van der Waals surface area contributed by atoms with Gasteiger partial charge in [-0.1, -0.05) is 19.1 Å². The van der Waals surface area contributed by atoms with E-state index < -0.39 is 11.8 Å². The molecule has 110 valence electrons. The summed E-state index contributed by atoms with van der Waals surface area (Å²) >= 11 is 1.51. The maximum absolute atomic E-state index is 13.5. The number of urea groups is 1. The highest BCUT2D eigenvalue weighted by Gasteiger charge is 2.20. The third kappa shape index (κ3) is 3.21. The largest absolute Gasteiger partial charge is 0.325 e. The van der Waals surface area contributed by atoms with Gasteiger partial charge in [0.25, 0.3) is 0 Å². The van der Waals surface area contributed by atoms with Crippen molar-refractivity contribution in [1.29, 1.82) is 0 Å². The van der Waals surface area contributed by atoms with Crippen molar-refractivity contribution in [2.24, 2.45) is 5.92 Å². The zero-order valence-corrected chi connectivity index (χ0v) is 12.5. The first kappa shape index (κ1) is 14.0. The second-order valence-electron chi connectivity index (χ2n) is 5.30. The highest BCUT2D eigenvalue weighted by molar-refractivity contribution is 7.15. The van der Waals surface area contributed by atoms with Crippen molar-refractivity contribution in [2.45, 2.75) is 26.2 Å². The number of fused-ring (bicyclic) bond motifs is 1. The van der Waals surface area contributed by atoms with Crippen molar-refractivity contribution < 1.29 is 9.18 Å². The van der Waals surface area contributed by atoms with E-state index >= 15 is 0 Å². The number of hydrogen-bond donors (Lipinski definition) is 2. The summed E-state index contributed by atoms with van der Waals surface area (Å²) < 4.78 is 13.5. The first-order valence-electron chi connectivity index (χ1n) is 6.93. The fourth-order valence-corrected chi connectivity index (χ4v) is 3.57. The lowest BCUT2D eigenvalue weighted by atomic mass is 9.93. The summed E-state index contributed by atoms with van der Waals surface area (Å²) in [6.45, 7) is 2.22. The molecule has 0 saturated carbocycles. The third-order valence-corrected chi connectivity index (χ3v) is 4.56. The van der Waals surface area contributed by atoms with E-state index in [0.29, 0.717) is 11.0 Å². The van der Waals surface area contributed by atoms with Gasteiger partial charge in [0.05, 0.1) is 11.4 Å². The van der Waals surface area contributed by atoms with Crippen molar-refractivity contribution in [3.8, 4) is 0 Å². The van der Waals surface area contributed by atoms with E-state index in [0.717, 1.165) is 25.0 Å². The monoisotopic (exact) mass is 305 g/mol. The molecule has 0 bridgehead atoms. The van der Waals surface area contributed by atoms with E-state index in [1.54, 1.807) is 12.1 Å². The molecule has 3 rings (SSSR count). The van der Waals surface area contributed by atoms with Crippen LogP contribution in [0, 0.1) is 11.7 Å². The quantitative estimate of drug-likeness (QED) is 0.879. The van der Waals surface area contributed by atoms with Crippen LogP contribution in [-0.2, 0) is 12.8 Å². The summed E-state index contributed by atoms with van der Waals surface area (Å²) in [4.78, 5) is 17.6. The Morgan fingerprint density at radius 3 is 3.00 bits per heavy atom. The summed E-state index contributed by atoms with van der Waals surface area (Å²) in [7, 11) is 0. The fourth-order valence-electron chi connectivity index (χ4n) is 2.41. The molecule has 0 saturated heterocycles. The Bertz CT molecular complexity index is 671. The summed E-state index contributed by atoms with van der Waals surface area (Å²) in [6.07, 6.45) is 3.12. The minimum Gasteiger partial charge on any atom is -0.305 e. The molecular formula is C15H16FN3OS. The maximum Gasteiger partial charge on any atom is 0.325 e. The van der Waals surface area contributed by atoms with Crippen LogP contribution in [0.2, 0.25) is 0 Å². The van der Waals surface area contributed by atoms with Gasteiger partial charge in [0.15, 0.2) is 5.13 Å². The number of nitrogens with zero attached hydrogens (tertiary/aromatic N) is 1. The van der Waals surface area contributed by atoms with Gasteiger partial charge in [0, 0.05) is 4.88 Å². The number of carbonyl (C=O) groups is 1. The van der Waals surface area contributed by atoms with E-state index in [2.05, 4.69) is 22.5 Å². The number of rotatable bonds is 2. The minimum atomic E-state index is -0.473. The van der Waals surface area contributed by atoms with Gasteiger partial charge >= 0.3 is 6.03 Å². The summed E-state index contributed by atoms with van der Waals surface area (Å²) in [5, 5.41) is 5.74. The molecule has 0 fully saturated rings. The predicted octanol–water partition coefficient (Wildman–Crippen LogP) is 4.05. The molecule has 1 atom stereocenters. The average molecular weight is 305 g/mol. The molecule has 2 aromatic rings. The Balaban J connectivity index is 1.67. The lowest BCUT2D eigenvalue weighted by Crippen LogP contribution is -2.20. The minimum absolute atomic E-state index is 0.157. The van der Waals surface area contributed by atoms with Gasteiger partial charge in [0.2, 0.25) is 0 Å². The smallest absolute Gasteiger partial charge is 0.305 e. The Morgan fingerprint density at radius 1 is 1.38 bits per heavy atom. The topological polar surface area (TPSA) is 54.0 Å². The molecule has 2 N–H and O–H groups in total. The second kappa shape index (κ2) is 5.81. The molecule has 1 aromatic heterocycles. The molecule has 0 spiro atoms. The first-order chi connectivity index (χ1) is 10.1. The van der Waals surface area contributed by atoms with E-state index in [1.165, 1.54) is 28.3 Å². The van der Waals surface area contributed by atoms with Crippen LogP contribution in [0.1, 0.15) is 23.9 Å². The summed E-state index contributed by atoms with van der Waals surface area (Å²) in [5.74, 6) is 0.206. The van der Waals surface area contributed by atoms with Crippen molar-refractivity contribution in [3.05, 3.63) is 40.7 Å². The standard InChI is InChI=1S/C15H16FN3OS/c1-9-6-7-12-13(8-9)21-15(18-12)19-14(20)17-11-5-3-2-4-10(11)16/h2-5,9H,6-8H2,1H3,(H2,17,18,19,20). The number of benzene rings is 1. The number of nitrogens with one attached hydrogen (secondary N) is 2. The Labute approximate surface area is 126 Å². The van der Waals surface area contributed by atoms with Crippen LogP contribution >= 0.6 is 11.3 Å². The average Bonchev–Trinajstić information content (AvgIpc) is 2.82. The molecule has 1 aliphatic carbocycles. The number of amides is 2. The highest BCUT2D eigenvalue weighted by Crippen LogP contribution is 2.32. The number of para-hydroxylation sites is 1. The zero-order chi connectivity index (χ0) is 14.8. The SMILES string of the molecule is CC1CCc2nc(NC(=O)Nc3ccccc3F)sc2C1. The van der Waals surface area contributed by atoms with Crippen LogP contribution in [0.25, 0.3) is 0 Å². The Hall–Kier alpha value is -1.95. The first-order valence-corrected chi connectivity index (χ1v) is 7.74. The van der Waals surface area contributed by atoms with Crippen molar-refractivity contribution in [2.75, 3.05) is 10.6 Å². The molecule has 21 heavy (non-hydrogen) atoms.